The van der Waals surface area contributed by atoms with E-state index in [2.05, 4.69) is 5.32 Å². The average molecular weight is 236 g/mol. The molecule has 2 amide bonds. The van der Waals surface area contributed by atoms with Crippen molar-refractivity contribution < 1.29 is 9.59 Å². The minimum Gasteiger partial charge on any atom is -0.398 e. The first-order valence-corrected chi connectivity index (χ1v) is 5.80. The second-order valence-corrected chi connectivity index (χ2v) is 5.01. The van der Waals surface area contributed by atoms with Crippen LogP contribution in [0.15, 0.2) is 23.1 Å². The third kappa shape index (κ3) is 2.19. The molecule has 0 aliphatic carbocycles. The fraction of sp³-hybridized carbons (Fsp3) is 0.273. The molecule has 1 saturated heterocycles. The number of hydrogen-bond acceptors (Lipinski definition) is 4. The first-order chi connectivity index (χ1) is 7.56. The molecule has 0 radical (unpaired) electrons. The summed E-state index contributed by atoms with van der Waals surface area (Å²) in [6.07, 6.45) is 0.233. The Balaban J connectivity index is 2.18. The molecule has 1 unspecified atom stereocenters. The Morgan fingerprint density at radius 3 is 2.81 bits per heavy atom. The fourth-order valence-corrected chi connectivity index (χ4v) is 2.69. The van der Waals surface area contributed by atoms with Crippen LogP contribution < -0.4 is 11.1 Å². The number of nitrogens with one attached hydrogen (secondary N) is 1. The maximum absolute atomic E-state index is 11.4. The number of anilines is 1. The van der Waals surface area contributed by atoms with E-state index in [4.69, 9.17) is 5.73 Å². The summed E-state index contributed by atoms with van der Waals surface area (Å²) in [6, 6.07) is 5.65. The summed E-state index contributed by atoms with van der Waals surface area (Å²) >= 11 is 1.35. The number of nitrogens with two attached hydrogens (primary N) is 1. The highest BCUT2D eigenvalue weighted by Crippen LogP contribution is 2.32. The molecule has 0 spiro atoms. The van der Waals surface area contributed by atoms with Crippen LogP contribution in [-0.4, -0.2) is 17.1 Å². The predicted octanol–water partition coefficient (Wildman–Crippen LogP) is 1.08. The van der Waals surface area contributed by atoms with Gasteiger partial charge in [-0.3, -0.25) is 14.9 Å². The molecule has 16 heavy (non-hydrogen) atoms. The summed E-state index contributed by atoms with van der Waals surface area (Å²) in [7, 11) is 0. The van der Waals surface area contributed by atoms with E-state index >= 15 is 0 Å². The Bertz CT molecular complexity index is 459. The van der Waals surface area contributed by atoms with E-state index in [0.717, 1.165) is 10.5 Å². The lowest BCUT2D eigenvalue weighted by molar-refractivity contribution is -0.124. The molecule has 84 valence electrons. The average Bonchev–Trinajstić information content (AvgIpc) is 2.51. The lowest BCUT2D eigenvalue weighted by Crippen LogP contribution is -2.23. The lowest BCUT2D eigenvalue weighted by atomic mass is 10.2. The van der Waals surface area contributed by atoms with Crippen LogP contribution >= 0.6 is 11.8 Å². The molecule has 0 bridgehead atoms. The summed E-state index contributed by atoms with van der Waals surface area (Å²) in [4.78, 5) is 23.3. The Labute approximate surface area is 97.6 Å². The van der Waals surface area contributed by atoms with Crippen molar-refractivity contribution in [2.75, 3.05) is 5.73 Å². The van der Waals surface area contributed by atoms with E-state index in [9.17, 15) is 9.59 Å². The van der Waals surface area contributed by atoms with Crippen LogP contribution in [0.4, 0.5) is 5.69 Å². The smallest absolute Gasteiger partial charge is 0.240 e. The fourth-order valence-electron chi connectivity index (χ4n) is 1.52. The van der Waals surface area contributed by atoms with Crippen molar-refractivity contribution >= 4 is 29.3 Å². The van der Waals surface area contributed by atoms with Gasteiger partial charge < -0.3 is 5.73 Å². The zero-order chi connectivity index (χ0) is 11.7. The van der Waals surface area contributed by atoms with E-state index in [0.29, 0.717) is 5.69 Å². The monoisotopic (exact) mass is 236 g/mol. The Morgan fingerprint density at radius 2 is 2.19 bits per heavy atom. The molecule has 2 rings (SSSR count). The van der Waals surface area contributed by atoms with Crippen LogP contribution in [0.1, 0.15) is 12.0 Å². The van der Waals surface area contributed by atoms with Crippen LogP contribution in [0.5, 0.6) is 0 Å². The maximum atomic E-state index is 11.4. The van der Waals surface area contributed by atoms with Gasteiger partial charge in [0.2, 0.25) is 11.8 Å². The summed E-state index contributed by atoms with van der Waals surface area (Å²) in [6.45, 7) is 1.96. The normalized spacial score (nSPS) is 19.9. The van der Waals surface area contributed by atoms with Crippen molar-refractivity contribution in [2.45, 2.75) is 23.5 Å². The third-order valence-electron chi connectivity index (χ3n) is 2.36. The highest BCUT2D eigenvalue weighted by molar-refractivity contribution is 8.00. The van der Waals surface area contributed by atoms with Crippen molar-refractivity contribution in [3.8, 4) is 0 Å². The second kappa shape index (κ2) is 4.17. The third-order valence-corrected chi connectivity index (χ3v) is 3.64. The van der Waals surface area contributed by atoms with Gasteiger partial charge in [0.05, 0.1) is 5.25 Å². The first kappa shape index (κ1) is 11.0. The topological polar surface area (TPSA) is 72.2 Å². The quantitative estimate of drug-likeness (QED) is 0.595. The molecule has 1 aliphatic rings. The van der Waals surface area contributed by atoms with Gasteiger partial charge in [0.1, 0.15) is 0 Å². The van der Waals surface area contributed by atoms with E-state index in [-0.39, 0.29) is 23.5 Å². The summed E-state index contributed by atoms with van der Waals surface area (Å²) in [5, 5.41) is 1.93. The number of thioether (sulfide) groups is 1. The van der Waals surface area contributed by atoms with E-state index in [1.807, 2.05) is 25.1 Å². The zero-order valence-corrected chi connectivity index (χ0v) is 9.64. The largest absolute Gasteiger partial charge is 0.398 e. The minimum atomic E-state index is -0.350. The Hall–Kier alpha value is -1.49. The van der Waals surface area contributed by atoms with Crippen molar-refractivity contribution in [1.29, 1.82) is 0 Å². The van der Waals surface area contributed by atoms with Crippen LogP contribution in [0.2, 0.25) is 0 Å². The Morgan fingerprint density at radius 1 is 1.44 bits per heavy atom. The number of nitrogen functional groups attached to an aromatic ring is 1. The molecule has 1 aromatic rings. The molecule has 3 N–H and O–H groups in total. The molecule has 0 aromatic heterocycles. The molecule has 1 atom stereocenters. The van der Waals surface area contributed by atoms with Crippen LogP contribution in [0, 0.1) is 6.92 Å². The minimum absolute atomic E-state index is 0.214. The first-order valence-electron chi connectivity index (χ1n) is 4.93. The van der Waals surface area contributed by atoms with E-state index in [1.165, 1.54) is 11.8 Å². The maximum Gasteiger partial charge on any atom is 0.240 e. The van der Waals surface area contributed by atoms with Crippen molar-refractivity contribution in [1.82, 2.24) is 5.32 Å². The van der Waals surface area contributed by atoms with Gasteiger partial charge in [0.15, 0.2) is 0 Å². The van der Waals surface area contributed by atoms with Crippen LogP contribution in [0.25, 0.3) is 0 Å². The molecule has 4 nitrogen and oxygen atoms in total. The van der Waals surface area contributed by atoms with Gasteiger partial charge in [0, 0.05) is 17.0 Å². The van der Waals surface area contributed by atoms with Crippen LogP contribution in [-0.2, 0) is 9.59 Å². The summed E-state index contributed by atoms with van der Waals surface area (Å²) in [5.74, 6) is -0.440. The highest BCUT2D eigenvalue weighted by Gasteiger charge is 2.31. The van der Waals surface area contributed by atoms with Gasteiger partial charge in [0.25, 0.3) is 0 Å². The summed E-state index contributed by atoms with van der Waals surface area (Å²) in [5.41, 5.74) is 7.54. The number of aryl methyl sites for hydroxylation is 1. The molecular formula is C11H12N2O2S. The number of hydrogen-bond donors (Lipinski definition) is 2. The highest BCUT2D eigenvalue weighted by atomic mass is 32.2. The van der Waals surface area contributed by atoms with Gasteiger partial charge in [-0.05, 0) is 24.6 Å². The van der Waals surface area contributed by atoms with Gasteiger partial charge in [-0.1, -0.05) is 6.07 Å². The molecule has 1 aliphatic heterocycles. The van der Waals surface area contributed by atoms with Crippen LogP contribution in [0.3, 0.4) is 0 Å². The Kier molecular flexibility index (Phi) is 2.87. The van der Waals surface area contributed by atoms with Gasteiger partial charge >= 0.3 is 0 Å². The van der Waals surface area contributed by atoms with Gasteiger partial charge in [-0.25, -0.2) is 0 Å². The molecule has 0 saturated carbocycles. The standard InChI is InChI=1S/C11H12N2O2S/c1-6-2-3-7(12)8(4-6)16-9-5-10(14)13-11(9)15/h2-4,9H,5,12H2,1H3,(H,13,14,15). The molecule has 5 heteroatoms. The SMILES string of the molecule is Cc1ccc(N)c(SC2CC(=O)NC2=O)c1. The second-order valence-electron chi connectivity index (χ2n) is 3.76. The van der Waals surface area contributed by atoms with Gasteiger partial charge in [-0.2, -0.15) is 0 Å². The van der Waals surface area contributed by atoms with E-state index in [1.54, 1.807) is 0 Å². The number of carbonyl (C=O) groups is 2. The molecule has 1 fully saturated rings. The molecule has 1 aromatic carbocycles. The summed E-state index contributed by atoms with van der Waals surface area (Å²) < 4.78 is 0. The van der Waals surface area contributed by atoms with Crippen molar-refractivity contribution in [3.05, 3.63) is 23.8 Å². The lowest BCUT2D eigenvalue weighted by Gasteiger charge is -2.09. The number of amides is 2. The van der Waals surface area contributed by atoms with Gasteiger partial charge in [-0.15, -0.1) is 11.8 Å². The van der Waals surface area contributed by atoms with E-state index < -0.39 is 0 Å². The van der Waals surface area contributed by atoms with Crippen molar-refractivity contribution in [3.63, 3.8) is 0 Å². The number of imide groups is 1. The number of rotatable bonds is 2. The number of carbonyl (C=O) groups excluding carboxylic acids is 2. The predicted molar refractivity (Wildman–Crippen MR) is 63.0 cm³/mol. The molecule has 1 heterocycles. The molecular weight excluding hydrogens is 224 g/mol. The van der Waals surface area contributed by atoms with Crippen molar-refractivity contribution in [2.24, 2.45) is 0 Å². The number of benzene rings is 1. The zero-order valence-electron chi connectivity index (χ0n) is 8.82.